The monoisotopic (exact) mass is 458 g/mol. The molecule has 1 aromatic heterocycles. The van der Waals surface area contributed by atoms with E-state index in [9.17, 15) is 13.2 Å². The Morgan fingerprint density at radius 3 is 2.48 bits per heavy atom. The Morgan fingerprint density at radius 1 is 1.10 bits per heavy atom. The predicted molar refractivity (Wildman–Crippen MR) is 118 cm³/mol. The lowest BCUT2D eigenvalue weighted by Crippen LogP contribution is -2.48. The van der Waals surface area contributed by atoms with Gasteiger partial charge in [-0.15, -0.1) is 0 Å². The molecule has 3 aromatic rings. The summed E-state index contributed by atoms with van der Waals surface area (Å²) in [6.07, 6.45) is 0.658. The lowest BCUT2D eigenvalue weighted by atomic mass is 10.1. The Bertz CT molecular complexity index is 1180. The Kier molecular flexibility index (Phi) is 6.03. The number of aryl methyl sites for hydroxylation is 1. The fraction of sp³-hybridized carbons (Fsp3) is 0.286. The molecule has 2 heterocycles. The number of anilines is 1. The van der Waals surface area contributed by atoms with Crippen LogP contribution in [0.3, 0.4) is 0 Å². The molecular weight excluding hydrogens is 436 g/mol. The number of sulfonamides is 1. The molecule has 4 rings (SSSR count). The maximum Gasteiger partial charge on any atom is 0.335 e. The van der Waals surface area contributed by atoms with Crippen LogP contribution in [-0.2, 0) is 16.4 Å². The lowest BCUT2D eigenvalue weighted by molar-refractivity contribution is 0.0696. The van der Waals surface area contributed by atoms with Gasteiger partial charge in [0.05, 0.1) is 10.5 Å². The maximum absolute atomic E-state index is 12.9. The second kappa shape index (κ2) is 8.74. The van der Waals surface area contributed by atoms with Crippen LogP contribution in [0.4, 0.5) is 5.13 Å². The summed E-state index contributed by atoms with van der Waals surface area (Å²) < 4.78 is 31.7. The van der Waals surface area contributed by atoms with Gasteiger partial charge in [-0.1, -0.05) is 35.9 Å². The van der Waals surface area contributed by atoms with E-state index in [1.54, 1.807) is 0 Å². The van der Waals surface area contributed by atoms with Crippen LogP contribution < -0.4 is 4.90 Å². The third-order valence-corrected chi connectivity index (χ3v) is 7.88. The third kappa shape index (κ3) is 4.76. The summed E-state index contributed by atoms with van der Waals surface area (Å²) in [5.74, 6) is -0.399. The molecule has 31 heavy (non-hydrogen) atoms. The first-order chi connectivity index (χ1) is 14.8. The van der Waals surface area contributed by atoms with Crippen molar-refractivity contribution in [3.05, 3.63) is 71.0 Å². The van der Waals surface area contributed by atoms with Crippen LogP contribution in [0.15, 0.2) is 53.4 Å². The Labute approximate surface area is 185 Å². The molecule has 2 aromatic carbocycles. The molecule has 1 aliphatic rings. The molecule has 0 radical (unpaired) electrons. The Morgan fingerprint density at radius 2 is 1.81 bits per heavy atom. The van der Waals surface area contributed by atoms with E-state index < -0.39 is 16.0 Å². The average molecular weight is 459 g/mol. The summed E-state index contributed by atoms with van der Waals surface area (Å²) >= 11 is 1.32. The zero-order valence-corrected chi connectivity index (χ0v) is 18.6. The van der Waals surface area contributed by atoms with Gasteiger partial charge < -0.3 is 10.0 Å². The van der Waals surface area contributed by atoms with E-state index in [0.717, 1.165) is 16.5 Å². The Balaban J connectivity index is 1.40. The maximum atomic E-state index is 12.9. The van der Waals surface area contributed by atoms with Gasteiger partial charge in [-0.3, -0.25) is 0 Å². The lowest BCUT2D eigenvalue weighted by Gasteiger charge is -2.33. The average Bonchev–Trinajstić information content (AvgIpc) is 3.24. The van der Waals surface area contributed by atoms with Crippen LogP contribution >= 0.6 is 11.5 Å². The molecular formula is C21H22N4O4S2. The molecule has 0 atom stereocenters. The molecule has 10 heteroatoms. The van der Waals surface area contributed by atoms with Crippen molar-refractivity contribution in [2.24, 2.45) is 0 Å². The van der Waals surface area contributed by atoms with Crippen LogP contribution in [0.1, 0.15) is 27.3 Å². The fourth-order valence-electron chi connectivity index (χ4n) is 3.39. The van der Waals surface area contributed by atoms with E-state index in [2.05, 4.69) is 33.6 Å². The number of carbonyl (C=O) groups is 1. The molecule has 8 nitrogen and oxygen atoms in total. The second-order valence-corrected chi connectivity index (χ2v) is 10.0. The number of hydrogen-bond donors (Lipinski definition) is 1. The molecule has 1 aliphatic heterocycles. The van der Waals surface area contributed by atoms with Gasteiger partial charge in [-0.05, 0) is 30.7 Å². The minimum atomic E-state index is -3.75. The number of piperazine rings is 1. The summed E-state index contributed by atoms with van der Waals surface area (Å²) in [5, 5.41) is 9.91. The van der Waals surface area contributed by atoms with Crippen molar-refractivity contribution in [2.75, 3.05) is 31.1 Å². The van der Waals surface area contributed by atoms with E-state index >= 15 is 0 Å². The normalized spacial score (nSPS) is 15.2. The molecule has 1 fully saturated rings. The van der Waals surface area contributed by atoms with E-state index in [4.69, 9.17) is 5.11 Å². The summed E-state index contributed by atoms with van der Waals surface area (Å²) in [5.41, 5.74) is 2.31. The molecule has 1 saturated heterocycles. The highest BCUT2D eigenvalue weighted by Crippen LogP contribution is 2.24. The highest BCUT2D eigenvalue weighted by atomic mass is 32.2. The van der Waals surface area contributed by atoms with Crippen LogP contribution in [0.5, 0.6) is 0 Å². The zero-order chi connectivity index (χ0) is 22.0. The van der Waals surface area contributed by atoms with Gasteiger partial charge in [0.2, 0.25) is 15.2 Å². The van der Waals surface area contributed by atoms with Crippen molar-refractivity contribution in [3.8, 4) is 0 Å². The minimum absolute atomic E-state index is 0.00264. The second-order valence-electron chi connectivity index (χ2n) is 7.38. The molecule has 0 amide bonds. The largest absolute Gasteiger partial charge is 0.478 e. The van der Waals surface area contributed by atoms with Crippen molar-refractivity contribution >= 4 is 32.7 Å². The van der Waals surface area contributed by atoms with Gasteiger partial charge >= 0.3 is 5.97 Å². The van der Waals surface area contributed by atoms with Crippen molar-refractivity contribution in [1.29, 1.82) is 0 Å². The zero-order valence-electron chi connectivity index (χ0n) is 16.9. The van der Waals surface area contributed by atoms with Gasteiger partial charge in [-0.25, -0.2) is 18.2 Å². The molecule has 0 spiro atoms. The number of aromatic nitrogens is 2. The number of carboxylic acids is 1. The number of benzene rings is 2. The summed E-state index contributed by atoms with van der Waals surface area (Å²) in [6, 6.07) is 13.7. The topological polar surface area (TPSA) is 104 Å². The van der Waals surface area contributed by atoms with Gasteiger partial charge in [0.1, 0.15) is 5.82 Å². The number of hydrogen-bond acceptors (Lipinski definition) is 7. The highest BCUT2D eigenvalue weighted by Gasteiger charge is 2.30. The summed E-state index contributed by atoms with van der Waals surface area (Å²) in [6.45, 7) is 3.64. The van der Waals surface area contributed by atoms with E-state index in [1.165, 1.54) is 45.7 Å². The van der Waals surface area contributed by atoms with Crippen molar-refractivity contribution in [1.82, 2.24) is 13.7 Å². The number of aromatic carboxylic acids is 1. The Hall–Kier alpha value is -2.82. The van der Waals surface area contributed by atoms with Crippen LogP contribution in [0.2, 0.25) is 0 Å². The van der Waals surface area contributed by atoms with Crippen LogP contribution in [-0.4, -0.2) is 59.3 Å². The van der Waals surface area contributed by atoms with E-state index in [-0.39, 0.29) is 10.5 Å². The van der Waals surface area contributed by atoms with Crippen molar-refractivity contribution in [2.45, 2.75) is 18.2 Å². The van der Waals surface area contributed by atoms with Crippen LogP contribution in [0, 0.1) is 6.92 Å². The molecule has 0 saturated carbocycles. The van der Waals surface area contributed by atoms with E-state index in [0.29, 0.717) is 32.6 Å². The SMILES string of the molecule is Cc1ccc(Cc2nsc(N3CCN(S(=O)(=O)c4cccc(C(=O)O)c4)CC3)n2)cc1. The van der Waals surface area contributed by atoms with Gasteiger partial charge in [0.25, 0.3) is 0 Å². The van der Waals surface area contributed by atoms with Gasteiger partial charge in [0, 0.05) is 44.1 Å². The number of nitrogens with zero attached hydrogens (tertiary/aromatic N) is 4. The first kappa shape index (κ1) is 21.4. The molecule has 0 unspecified atom stereocenters. The summed E-state index contributed by atoms with van der Waals surface area (Å²) in [7, 11) is -3.75. The fourth-order valence-corrected chi connectivity index (χ4v) is 5.60. The summed E-state index contributed by atoms with van der Waals surface area (Å²) in [4.78, 5) is 17.8. The number of rotatable bonds is 6. The van der Waals surface area contributed by atoms with Crippen molar-refractivity contribution in [3.63, 3.8) is 0 Å². The first-order valence-electron chi connectivity index (χ1n) is 9.79. The standard InChI is InChI=1S/C21H22N4O4S2/c1-15-5-7-16(8-6-15)13-19-22-21(30-23-19)24-9-11-25(12-10-24)31(28,29)18-4-2-3-17(14-18)20(26)27/h2-8,14H,9-13H2,1H3,(H,26,27). The molecule has 162 valence electrons. The van der Waals surface area contributed by atoms with Gasteiger partial charge in [0.15, 0.2) is 0 Å². The molecule has 0 aliphatic carbocycles. The van der Waals surface area contributed by atoms with Crippen molar-refractivity contribution < 1.29 is 18.3 Å². The molecule has 1 N–H and O–H groups in total. The quantitative estimate of drug-likeness (QED) is 0.606. The van der Waals surface area contributed by atoms with E-state index in [1.807, 2.05) is 11.8 Å². The number of carboxylic acid groups (broad SMARTS) is 1. The first-order valence-corrected chi connectivity index (χ1v) is 12.0. The van der Waals surface area contributed by atoms with Gasteiger partial charge in [-0.2, -0.15) is 8.68 Å². The van der Waals surface area contributed by atoms with Crippen LogP contribution in [0.25, 0.3) is 0 Å². The molecule has 0 bridgehead atoms. The smallest absolute Gasteiger partial charge is 0.335 e. The highest BCUT2D eigenvalue weighted by molar-refractivity contribution is 7.89. The third-order valence-electron chi connectivity index (χ3n) is 5.17. The predicted octanol–water partition coefficient (Wildman–Crippen LogP) is 2.65. The minimum Gasteiger partial charge on any atom is -0.478 e.